The van der Waals surface area contributed by atoms with Crippen molar-refractivity contribution in [1.29, 1.82) is 0 Å². The first kappa shape index (κ1) is 12.7. The normalized spacial score (nSPS) is 11.9. The molecule has 0 aliphatic rings. The second-order valence-corrected chi connectivity index (χ2v) is 5.38. The van der Waals surface area contributed by atoms with Crippen LogP contribution in [0.3, 0.4) is 0 Å². The Morgan fingerprint density at radius 1 is 1.50 bits per heavy atom. The first-order chi connectivity index (χ1) is 8.54. The molecule has 9 heteroatoms. The van der Waals surface area contributed by atoms with Crippen LogP contribution < -0.4 is 10.5 Å². The number of H-pyrrole nitrogens is 2. The molecule has 0 amide bonds. The average Bonchev–Trinajstić information content (AvgIpc) is 2.95. The van der Waals surface area contributed by atoms with E-state index in [1.54, 1.807) is 19.3 Å². The molecule has 2 aromatic heterocycles. The molecule has 0 saturated heterocycles. The van der Waals surface area contributed by atoms with Crippen molar-refractivity contribution in [1.82, 2.24) is 24.9 Å². The van der Waals surface area contributed by atoms with Crippen molar-refractivity contribution in [3.8, 4) is 0 Å². The molecule has 2 heterocycles. The molecule has 0 radical (unpaired) electrons. The van der Waals surface area contributed by atoms with Crippen LogP contribution in [-0.2, 0) is 23.1 Å². The van der Waals surface area contributed by atoms with Gasteiger partial charge in [0.05, 0.1) is 6.54 Å². The van der Waals surface area contributed by atoms with E-state index in [1.807, 2.05) is 0 Å². The number of aromatic nitrogens is 4. The number of hydrogen-bond donors (Lipinski definition) is 4. The van der Waals surface area contributed by atoms with Crippen LogP contribution in [0.25, 0.3) is 0 Å². The van der Waals surface area contributed by atoms with Crippen LogP contribution in [0.15, 0.2) is 17.4 Å². The highest BCUT2D eigenvalue weighted by Crippen LogP contribution is 2.15. The fourth-order valence-electron chi connectivity index (χ4n) is 1.52. The molecule has 8 nitrogen and oxygen atoms in total. The molecule has 98 valence electrons. The van der Waals surface area contributed by atoms with E-state index in [0.29, 0.717) is 17.1 Å². The SMILES string of the molecule is Cc1[nH]nc(S(=O)(=O)NCc2ncc[nH]2)c1CN. The van der Waals surface area contributed by atoms with Crippen molar-refractivity contribution in [3.05, 3.63) is 29.5 Å². The van der Waals surface area contributed by atoms with E-state index >= 15 is 0 Å². The lowest BCUT2D eigenvalue weighted by Gasteiger charge is -2.04. The van der Waals surface area contributed by atoms with E-state index < -0.39 is 10.0 Å². The van der Waals surface area contributed by atoms with Crippen LogP contribution in [0.4, 0.5) is 0 Å². The molecule has 0 saturated carbocycles. The van der Waals surface area contributed by atoms with Crippen LogP contribution in [0, 0.1) is 6.92 Å². The molecule has 0 unspecified atom stereocenters. The van der Waals surface area contributed by atoms with Gasteiger partial charge in [-0.15, -0.1) is 0 Å². The van der Waals surface area contributed by atoms with Gasteiger partial charge in [-0.1, -0.05) is 0 Å². The van der Waals surface area contributed by atoms with Gasteiger partial charge in [-0.2, -0.15) is 5.10 Å². The van der Waals surface area contributed by atoms with Gasteiger partial charge in [0.1, 0.15) is 5.82 Å². The minimum atomic E-state index is -3.69. The van der Waals surface area contributed by atoms with Gasteiger partial charge in [-0.3, -0.25) is 5.10 Å². The number of rotatable bonds is 5. The van der Waals surface area contributed by atoms with E-state index in [0.717, 1.165) is 0 Å². The number of sulfonamides is 1. The lowest BCUT2D eigenvalue weighted by molar-refractivity contribution is 0.574. The maximum absolute atomic E-state index is 12.0. The van der Waals surface area contributed by atoms with Crippen molar-refractivity contribution >= 4 is 10.0 Å². The first-order valence-electron chi connectivity index (χ1n) is 5.26. The van der Waals surface area contributed by atoms with E-state index in [9.17, 15) is 8.42 Å². The highest BCUT2D eigenvalue weighted by atomic mass is 32.2. The van der Waals surface area contributed by atoms with Crippen molar-refractivity contribution in [3.63, 3.8) is 0 Å². The lowest BCUT2D eigenvalue weighted by atomic mass is 10.3. The Kier molecular flexibility index (Phi) is 3.45. The highest BCUT2D eigenvalue weighted by molar-refractivity contribution is 7.89. The number of hydrogen-bond acceptors (Lipinski definition) is 5. The third-order valence-corrected chi connectivity index (χ3v) is 3.85. The smallest absolute Gasteiger partial charge is 0.260 e. The minimum absolute atomic E-state index is 0.0611. The Labute approximate surface area is 104 Å². The van der Waals surface area contributed by atoms with Crippen LogP contribution in [0.1, 0.15) is 17.1 Å². The van der Waals surface area contributed by atoms with Gasteiger partial charge in [-0.05, 0) is 6.92 Å². The van der Waals surface area contributed by atoms with Crippen LogP contribution in [0.2, 0.25) is 0 Å². The summed E-state index contributed by atoms with van der Waals surface area (Å²) in [6, 6.07) is 0. The zero-order chi connectivity index (χ0) is 13.2. The van der Waals surface area contributed by atoms with Crippen molar-refractivity contribution in [2.75, 3.05) is 0 Å². The molecule has 0 atom stereocenters. The summed E-state index contributed by atoms with van der Waals surface area (Å²) in [4.78, 5) is 6.73. The summed E-state index contributed by atoms with van der Waals surface area (Å²) >= 11 is 0. The molecule has 0 aliphatic heterocycles. The minimum Gasteiger partial charge on any atom is -0.347 e. The maximum Gasteiger partial charge on any atom is 0.260 e. The highest BCUT2D eigenvalue weighted by Gasteiger charge is 2.22. The number of aryl methyl sites for hydroxylation is 1. The quantitative estimate of drug-likeness (QED) is 0.575. The molecule has 5 N–H and O–H groups in total. The van der Waals surface area contributed by atoms with Crippen molar-refractivity contribution < 1.29 is 8.42 Å². The Morgan fingerprint density at radius 3 is 2.89 bits per heavy atom. The van der Waals surface area contributed by atoms with Crippen LogP contribution in [-0.4, -0.2) is 28.6 Å². The second kappa shape index (κ2) is 4.88. The predicted molar refractivity (Wildman–Crippen MR) is 63.8 cm³/mol. The summed E-state index contributed by atoms with van der Waals surface area (Å²) in [5, 5.41) is 6.33. The average molecular weight is 270 g/mol. The molecule has 2 rings (SSSR count). The summed E-state index contributed by atoms with van der Waals surface area (Å²) in [6.07, 6.45) is 3.17. The third-order valence-electron chi connectivity index (χ3n) is 2.48. The third kappa shape index (κ3) is 2.42. The Morgan fingerprint density at radius 2 is 2.28 bits per heavy atom. The molecule has 0 spiro atoms. The molecule has 0 aliphatic carbocycles. The summed E-state index contributed by atoms with van der Waals surface area (Å²) in [7, 11) is -3.69. The van der Waals surface area contributed by atoms with Gasteiger partial charge in [0.15, 0.2) is 5.03 Å². The second-order valence-electron chi connectivity index (χ2n) is 3.70. The van der Waals surface area contributed by atoms with E-state index in [1.165, 1.54) is 0 Å². The number of nitrogens with zero attached hydrogens (tertiary/aromatic N) is 2. The van der Waals surface area contributed by atoms with Gasteiger partial charge in [0.2, 0.25) is 0 Å². The van der Waals surface area contributed by atoms with Gasteiger partial charge >= 0.3 is 0 Å². The van der Waals surface area contributed by atoms with Gasteiger partial charge in [-0.25, -0.2) is 18.1 Å². The molecule has 2 aromatic rings. The topological polar surface area (TPSA) is 130 Å². The lowest BCUT2D eigenvalue weighted by Crippen LogP contribution is -2.25. The summed E-state index contributed by atoms with van der Waals surface area (Å²) in [5.41, 5.74) is 6.65. The molecule has 18 heavy (non-hydrogen) atoms. The number of aromatic amines is 2. The molecule has 0 bridgehead atoms. The zero-order valence-corrected chi connectivity index (χ0v) is 10.6. The van der Waals surface area contributed by atoms with Crippen LogP contribution in [0.5, 0.6) is 0 Å². The fraction of sp³-hybridized carbons (Fsp3) is 0.333. The summed E-state index contributed by atoms with van der Waals surface area (Å²) in [5.74, 6) is 0.528. The van der Waals surface area contributed by atoms with Gasteiger partial charge in [0.25, 0.3) is 10.0 Å². The maximum atomic E-state index is 12.0. The Hall–Kier alpha value is -1.71. The van der Waals surface area contributed by atoms with E-state index in [2.05, 4.69) is 24.9 Å². The summed E-state index contributed by atoms with van der Waals surface area (Å²) in [6.45, 7) is 1.91. The fourth-order valence-corrected chi connectivity index (χ4v) is 2.71. The van der Waals surface area contributed by atoms with Crippen molar-refractivity contribution in [2.45, 2.75) is 25.0 Å². The summed E-state index contributed by atoms with van der Waals surface area (Å²) < 4.78 is 26.5. The molecular formula is C9H14N6O2S. The van der Waals surface area contributed by atoms with E-state index in [-0.39, 0.29) is 18.1 Å². The van der Waals surface area contributed by atoms with Gasteiger partial charge in [0, 0.05) is 30.2 Å². The number of nitrogens with two attached hydrogens (primary N) is 1. The monoisotopic (exact) mass is 270 g/mol. The van der Waals surface area contributed by atoms with Crippen molar-refractivity contribution in [2.24, 2.45) is 5.73 Å². The Bertz CT molecular complexity index is 616. The Balaban J connectivity index is 2.20. The predicted octanol–water partition coefficient (Wildman–Crippen LogP) is -0.622. The first-order valence-corrected chi connectivity index (χ1v) is 6.74. The van der Waals surface area contributed by atoms with Crippen LogP contribution >= 0.6 is 0 Å². The largest absolute Gasteiger partial charge is 0.347 e. The van der Waals surface area contributed by atoms with E-state index in [4.69, 9.17) is 5.73 Å². The van der Waals surface area contributed by atoms with Gasteiger partial charge < -0.3 is 10.7 Å². The molecular weight excluding hydrogens is 256 g/mol. The molecule has 0 fully saturated rings. The number of imidazole rings is 1. The standard InChI is InChI=1S/C9H14N6O2S/c1-6-7(4-10)9(15-14-6)18(16,17)13-5-8-11-2-3-12-8/h2-3,13H,4-5,10H2,1H3,(H,11,12)(H,14,15). The number of nitrogens with one attached hydrogen (secondary N) is 3. The zero-order valence-electron chi connectivity index (χ0n) is 9.77. The molecule has 0 aromatic carbocycles.